The lowest BCUT2D eigenvalue weighted by atomic mass is 9.61. The Hall–Kier alpha value is -3.65. The average molecular weight is 657 g/mol. The van der Waals surface area contributed by atoms with Crippen LogP contribution < -0.4 is 20.7 Å². The van der Waals surface area contributed by atoms with Crippen molar-refractivity contribution in [2.24, 2.45) is 0 Å². The SMILES string of the molecule is COc1cccc(C(c2ccccc2)(c2ccccc2)[C@]2(n3cc(C)c(=O)[nH]c3=O)C[C@H](O)[C@@H](C(O)OP(O)(O)=S)O2)c1OC. The number of hydrogen-bond acceptors (Lipinski definition) is 9. The Morgan fingerprint density at radius 2 is 1.60 bits per heavy atom. The first-order valence-electron chi connectivity index (χ1n) is 13.8. The van der Waals surface area contributed by atoms with Gasteiger partial charge in [-0.3, -0.25) is 18.9 Å². The lowest BCUT2D eigenvalue weighted by molar-refractivity contribution is -0.204. The Morgan fingerprint density at radius 1 is 1.00 bits per heavy atom. The number of aromatic nitrogens is 2. The van der Waals surface area contributed by atoms with Crippen molar-refractivity contribution in [1.82, 2.24) is 9.55 Å². The van der Waals surface area contributed by atoms with Crippen molar-refractivity contribution in [1.29, 1.82) is 0 Å². The van der Waals surface area contributed by atoms with Gasteiger partial charge in [-0.2, -0.15) is 0 Å². The molecule has 0 spiro atoms. The average Bonchev–Trinajstić information content (AvgIpc) is 3.37. The standard InChI is InChI=1S/C31H33N2O10PS/c1-19-18-33(29(37)32-27(19)35)30(17-23(34)26(42-30)28(36)43-44(38,39)45)31(20-11-6-4-7-12-20,21-13-8-5-9-14-21)22-15-10-16-24(40-2)25(22)41-3/h4-16,18,23,26,28,34,36H,17H2,1-3H3,(H,32,35,37)(H2,38,39,45)/t23-,26-,28?,30-/m0/s1. The summed E-state index contributed by atoms with van der Waals surface area (Å²) in [4.78, 5) is 48.6. The number of aryl methyl sites for hydroxylation is 1. The van der Waals surface area contributed by atoms with E-state index in [1.807, 2.05) is 36.4 Å². The van der Waals surface area contributed by atoms with E-state index >= 15 is 0 Å². The van der Waals surface area contributed by atoms with Crippen LogP contribution in [0.2, 0.25) is 0 Å². The highest BCUT2D eigenvalue weighted by Crippen LogP contribution is 2.60. The van der Waals surface area contributed by atoms with Crippen LogP contribution in [0.15, 0.2) is 94.6 Å². The minimum atomic E-state index is -4.44. The van der Waals surface area contributed by atoms with Crippen LogP contribution in [0.4, 0.5) is 0 Å². The van der Waals surface area contributed by atoms with Crippen LogP contribution in [0.25, 0.3) is 0 Å². The van der Waals surface area contributed by atoms with Gasteiger partial charge in [-0.05, 0) is 35.9 Å². The van der Waals surface area contributed by atoms with Crippen molar-refractivity contribution >= 4 is 18.5 Å². The van der Waals surface area contributed by atoms with Crippen molar-refractivity contribution in [2.75, 3.05) is 14.2 Å². The van der Waals surface area contributed by atoms with E-state index in [0.29, 0.717) is 22.4 Å². The molecule has 14 heteroatoms. The van der Waals surface area contributed by atoms with Gasteiger partial charge in [0.1, 0.15) is 6.10 Å². The molecule has 0 saturated carbocycles. The summed E-state index contributed by atoms with van der Waals surface area (Å²) in [6.45, 7) is -2.93. The number of aliphatic hydroxyl groups excluding tert-OH is 2. The smallest absolute Gasteiger partial charge is 0.330 e. The number of aliphatic hydroxyl groups is 2. The molecular formula is C31H33N2O10PS. The zero-order chi connectivity index (χ0) is 32.6. The summed E-state index contributed by atoms with van der Waals surface area (Å²) in [5.74, 6) is 0.631. The van der Waals surface area contributed by atoms with E-state index in [2.05, 4.69) is 16.8 Å². The van der Waals surface area contributed by atoms with E-state index < -0.39 is 47.6 Å². The number of methoxy groups -OCH3 is 2. The second-order valence-electron chi connectivity index (χ2n) is 10.6. The molecule has 0 aliphatic carbocycles. The van der Waals surface area contributed by atoms with Gasteiger partial charge in [-0.25, -0.2) is 4.79 Å². The molecule has 2 heterocycles. The second kappa shape index (κ2) is 12.6. The Morgan fingerprint density at radius 3 is 2.13 bits per heavy atom. The molecule has 1 unspecified atom stereocenters. The van der Waals surface area contributed by atoms with Crippen LogP contribution in [0.5, 0.6) is 11.5 Å². The van der Waals surface area contributed by atoms with Crippen LogP contribution >= 0.6 is 6.72 Å². The molecule has 0 amide bonds. The monoisotopic (exact) mass is 656 g/mol. The van der Waals surface area contributed by atoms with Gasteiger partial charge < -0.3 is 34.2 Å². The Balaban J connectivity index is 2.02. The van der Waals surface area contributed by atoms with Gasteiger partial charge >= 0.3 is 12.4 Å². The third-order valence-corrected chi connectivity index (χ3v) is 8.79. The van der Waals surface area contributed by atoms with E-state index in [1.165, 1.54) is 31.9 Å². The van der Waals surface area contributed by atoms with Crippen LogP contribution in [0.3, 0.4) is 0 Å². The van der Waals surface area contributed by atoms with Gasteiger partial charge in [-0.1, -0.05) is 72.8 Å². The molecule has 0 bridgehead atoms. The quantitative estimate of drug-likeness (QED) is 0.0963. The first-order chi connectivity index (χ1) is 21.4. The lowest BCUT2D eigenvalue weighted by Gasteiger charge is -2.50. The number of hydrogen-bond donors (Lipinski definition) is 5. The number of rotatable bonds is 10. The molecule has 1 aliphatic rings. The summed E-state index contributed by atoms with van der Waals surface area (Å²) in [7, 11) is 2.94. The highest BCUT2D eigenvalue weighted by atomic mass is 32.5. The zero-order valence-corrected chi connectivity index (χ0v) is 26.3. The van der Waals surface area contributed by atoms with Gasteiger partial charge in [0.2, 0.25) is 0 Å². The van der Waals surface area contributed by atoms with E-state index in [1.54, 1.807) is 42.5 Å². The second-order valence-corrected chi connectivity index (χ2v) is 13.2. The number of H-pyrrole nitrogens is 1. The number of aromatic amines is 1. The molecule has 4 aromatic rings. The summed E-state index contributed by atoms with van der Waals surface area (Å²) in [5, 5.41) is 22.6. The highest BCUT2D eigenvalue weighted by molar-refractivity contribution is 8.06. The van der Waals surface area contributed by atoms with Crippen LogP contribution in [-0.2, 0) is 32.2 Å². The Bertz CT molecular complexity index is 1790. The molecule has 3 aromatic carbocycles. The van der Waals surface area contributed by atoms with E-state index in [-0.39, 0.29) is 17.7 Å². The van der Waals surface area contributed by atoms with Crippen LogP contribution in [0.1, 0.15) is 28.7 Å². The number of nitrogens with one attached hydrogen (secondary N) is 1. The molecule has 1 fully saturated rings. The summed E-state index contributed by atoms with van der Waals surface area (Å²) in [6.07, 6.45) is -4.41. The summed E-state index contributed by atoms with van der Waals surface area (Å²) in [5.41, 5.74) is -3.40. The molecule has 1 aliphatic heterocycles. The number of ether oxygens (including phenoxy) is 3. The molecule has 12 nitrogen and oxygen atoms in total. The first-order valence-corrected chi connectivity index (χ1v) is 16.5. The maximum absolute atomic E-state index is 13.9. The van der Waals surface area contributed by atoms with Crippen molar-refractivity contribution in [3.05, 3.63) is 128 Å². The van der Waals surface area contributed by atoms with E-state index in [0.717, 1.165) is 0 Å². The van der Waals surface area contributed by atoms with Crippen molar-refractivity contribution in [3.8, 4) is 11.5 Å². The number of benzene rings is 3. The molecular weight excluding hydrogens is 623 g/mol. The van der Waals surface area contributed by atoms with Gasteiger partial charge in [-0.15, -0.1) is 0 Å². The molecule has 1 aromatic heterocycles. The third kappa shape index (κ3) is 5.66. The van der Waals surface area contributed by atoms with Gasteiger partial charge in [0.25, 0.3) is 5.56 Å². The number of para-hydroxylation sites is 1. The largest absolute Gasteiger partial charge is 0.493 e. The zero-order valence-electron chi connectivity index (χ0n) is 24.6. The summed E-state index contributed by atoms with van der Waals surface area (Å²) in [6, 6.07) is 23.3. The first kappa shape index (κ1) is 32.7. The predicted octanol–water partition coefficient (Wildman–Crippen LogP) is 2.24. The summed E-state index contributed by atoms with van der Waals surface area (Å²) >= 11 is 4.58. The molecule has 45 heavy (non-hydrogen) atoms. The molecule has 4 atom stereocenters. The fourth-order valence-corrected chi connectivity index (χ4v) is 6.98. The van der Waals surface area contributed by atoms with Crippen molar-refractivity contribution in [3.63, 3.8) is 0 Å². The molecule has 1 saturated heterocycles. The third-order valence-electron chi connectivity index (χ3n) is 8.04. The molecule has 5 N–H and O–H groups in total. The summed E-state index contributed by atoms with van der Waals surface area (Å²) < 4.78 is 24.4. The minimum absolute atomic E-state index is 0.154. The van der Waals surface area contributed by atoms with E-state index in [4.69, 9.17) is 18.7 Å². The van der Waals surface area contributed by atoms with Gasteiger partial charge in [0.15, 0.2) is 23.5 Å². The van der Waals surface area contributed by atoms with Crippen LogP contribution in [0, 0.1) is 6.92 Å². The highest BCUT2D eigenvalue weighted by Gasteiger charge is 2.65. The minimum Gasteiger partial charge on any atom is -0.493 e. The maximum atomic E-state index is 13.9. The predicted molar refractivity (Wildman–Crippen MR) is 168 cm³/mol. The van der Waals surface area contributed by atoms with Gasteiger partial charge in [0.05, 0.1) is 25.7 Å². The van der Waals surface area contributed by atoms with Crippen LogP contribution in [-0.4, -0.2) is 62.3 Å². The molecule has 0 radical (unpaired) electrons. The lowest BCUT2D eigenvalue weighted by Crippen LogP contribution is -2.59. The molecule has 238 valence electrons. The van der Waals surface area contributed by atoms with E-state index in [9.17, 15) is 29.6 Å². The normalized spacial score (nSPS) is 21.0. The Labute approximate surface area is 263 Å². The van der Waals surface area contributed by atoms with Crippen molar-refractivity contribution < 1.29 is 38.7 Å². The Kier molecular flexibility index (Phi) is 9.18. The van der Waals surface area contributed by atoms with Gasteiger partial charge in [0, 0.05) is 23.7 Å². The maximum Gasteiger partial charge on any atom is 0.330 e. The topological polar surface area (TPSA) is 173 Å². The number of nitrogens with zero attached hydrogens (tertiary/aromatic N) is 1. The fraction of sp³-hybridized carbons (Fsp3) is 0.290. The fourth-order valence-electron chi connectivity index (χ4n) is 6.31. The van der Waals surface area contributed by atoms with Crippen molar-refractivity contribution in [2.45, 2.75) is 43.0 Å². The molecule has 5 rings (SSSR count).